The van der Waals surface area contributed by atoms with Crippen LogP contribution in [0.15, 0.2) is 42.5 Å². The second-order valence-electron chi connectivity index (χ2n) is 6.26. The van der Waals surface area contributed by atoms with Crippen LogP contribution in [0.25, 0.3) is 0 Å². The van der Waals surface area contributed by atoms with Crippen LogP contribution in [0.4, 0.5) is 0 Å². The molecule has 0 saturated heterocycles. The minimum absolute atomic E-state index is 0.0756. The molecule has 0 aliphatic heterocycles. The van der Waals surface area contributed by atoms with E-state index < -0.39 is 0 Å². The number of hydrogen-bond donors (Lipinski definition) is 1. The molecule has 134 valence electrons. The predicted octanol–water partition coefficient (Wildman–Crippen LogP) is 4.54. The first-order chi connectivity index (χ1) is 12.1. The summed E-state index contributed by atoms with van der Waals surface area (Å²) in [4.78, 5) is 12.2. The standard InChI is InChI=1S/C21H27NO3/c1-5-12-22-21(23)16-10-11-19(24-4)17(13-16)14-25-20-9-7-6-8-18(20)15(2)3/h6-11,13,15H,5,12,14H2,1-4H3,(H,22,23). The van der Waals surface area contributed by atoms with Crippen molar-refractivity contribution in [2.45, 2.75) is 39.7 Å². The Kier molecular flexibility index (Phi) is 6.87. The van der Waals surface area contributed by atoms with Gasteiger partial charge in [-0.3, -0.25) is 4.79 Å². The van der Waals surface area contributed by atoms with Crippen molar-refractivity contribution in [1.29, 1.82) is 0 Å². The number of benzene rings is 2. The number of amides is 1. The minimum atomic E-state index is -0.0756. The maximum Gasteiger partial charge on any atom is 0.251 e. The molecule has 0 aliphatic carbocycles. The lowest BCUT2D eigenvalue weighted by Crippen LogP contribution is -2.24. The zero-order valence-electron chi connectivity index (χ0n) is 15.5. The third-order valence-electron chi connectivity index (χ3n) is 4.00. The second-order valence-corrected chi connectivity index (χ2v) is 6.26. The van der Waals surface area contributed by atoms with Crippen LogP contribution in [0.5, 0.6) is 11.5 Å². The summed E-state index contributed by atoms with van der Waals surface area (Å²) in [5, 5.41) is 2.89. The molecule has 1 N–H and O–H groups in total. The largest absolute Gasteiger partial charge is 0.496 e. The summed E-state index contributed by atoms with van der Waals surface area (Å²) in [5.74, 6) is 1.88. The van der Waals surface area contributed by atoms with Crippen LogP contribution in [-0.4, -0.2) is 19.6 Å². The molecule has 0 aliphatic rings. The van der Waals surface area contributed by atoms with Crippen molar-refractivity contribution < 1.29 is 14.3 Å². The van der Waals surface area contributed by atoms with E-state index in [1.807, 2.05) is 37.3 Å². The Labute approximate surface area is 150 Å². The molecule has 0 unspecified atom stereocenters. The number of ether oxygens (including phenoxy) is 2. The Morgan fingerprint density at radius 2 is 1.88 bits per heavy atom. The van der Waals surface area contributed by atoms with Gasteiger partial charge in [0.1, 0.15) is 18.1 Å². The van der Waals surface area contributed by atoms with Crippen molar-refractivity contribution in [2.24, 2.45) is 0 Å². The summed E-state index contributed by atoms with van der Waals surface area (Å²) in [7, 11) is 1.62. The SMILES string of the molecule is CCCNC(=O)c1ccc(OC)c(COc2ccccc2C(C)C)c1. The van der Waals surface area contributed by atoms with Crippen molar-refractivity contribution in [1.82, 2.24) is 5.32 Å². The van der Waals surface area contributed by atoms with Gasteiger partial charge in [0, 0.05) is 17.7 Å². The third kappa shape index (κ3) is 4.99. The highest BCUT2D eigenvalue weighted by molar-refractivity contribution is 5.94. The molecule has 0 bridgehead atoms. The molecular formula is C21H27NO3. The Hall–Kier alpha value is -2.49. The molecule has 0 aromatic heterocycles. The molecule has 0 fully saturated rings. The molecule has 2 aromatic rings. The Balaban J connectivity index is 2.19. The first kappa shape index (κ1) is 18.8. The monoisotopic (exact) mass is 341 g/mol. The molecule has 0 radical (unpaired) electrons. The number of carbonyl (C=O) groups excluding carboxylic acids is 1. The maximum atomic E-state index is 12.2. The Morgan fingerprint density at radius 1 is 1.12 bits per heavy atom. The lowest BCUT2D eigenvalue weighted by atomic mass is 10.0. The molecule has 25 heavy (non-hydrogen) atoms. The van der Waals surface area contributed by atoms with Crippen molar-refractivity contribution in [2.75, 3.05) is 13.7 Å². The number of para-hydroxylation sites is 1. The van der Waals surface area contributed by atoms with Gasteiger partial charge in [-0.25, -0.2) is 0 Å². The van der Waals surface area contributed by atoms with E-state index in [-0.39, 0.29) is 5.91 Å². The van der Waals surface area contributed by atoms with Crippen LogP contribution in [-0.2, 0) is 6.61 Å². The van der Waals surface area contributed by atoms with E-state index in [4.69, 9.17) is 9.47 Å². The van der Waals surface area contributed by atoms with Gasteiger partial charge in [-0.05, 0) is 42.2 Å². The van der Waals surface area contributed by atoms with E-state index in [0.29, 0.717) is 30.4 Å². The topological polar surface area (TPSA) is 47.6 Å². The van der Waals surface area contributed by atoms with Crippen LogP contribution in [0.3, 0.4) is 0 Å². The first-order valence-corrected chi connectivity index (χ1v) is 8.73. The molecule has 0 heterocycles. The summed E-state index contributed by atoms with van der Waals surface area (Å²) in [6.07, 6.45) is 0.907. The van der Waals surface area contributed by atoms with E-state index in [1.165, 1.54) is 5.56 Å². The quantitative estimate of drug-likeness (QED) is 0.767. The van der Waals surface area contributed by atoms with E-state index in [2.05, 4.69) is 25.2 Å². The molecule has 4 nitrogen and oxygen atoms in total. The number of methoxy groups -OCH3 is 1. The van der Waals surface area contributed by atoms with Gasteiger partial charge in [0.2, 0.25) is 0 Å². The number of rotatable bonds is 8. The molecule has 2 rings (SSSR count). The fourth-order valence-electron chi connectivity index (χ4n) is 2.62. The van der Waals surface area contributed by atoms with Gasteiger partial charge >= 0.3 is 0 Å². The van der Waals surface area contributed by atoms with Crippen LogP contribution in [0.2, 0.25) is 0 Å². The zero-order chi connectivity index (χ0) is 18.2. The highest BCUT2D eigenvalue weighted by atomic mass is 16.5. The van der Waals surface area contributed by atoms with Gasteiger partial charge < -0.3 is 14.8 Å². The van der Waals surface area contributed by atoms with Gasteiger partial charge in [0.05, 0.1) is 7.11 Å². The highest BCUT2D eigenvalue weighted by Gasteiger charge is 2.12. The fraction of sp³-hybridized carbons (Fsp3) is 0.381. The van der Waals surface area contributed by atoms with Crippen LogP contribution in [0, 0.1) is 0 Å². The van der Waals surface area contributed by atoms with Gasteiger partial charge in [-0.15, -0.1) is 0 Å². The lowest BCUT2D eigenvalue weighted by Gasteiger charge is -2.16. The maximum absolute atomic E-state index is 12.2. The number of hydrogen-bond acceptors (Lipinski definition) is 3. The lowest BCUT2D eigenvalue weighted by molar-refractivity contribution is 0.0953. The Bertz CT molecular complexity index is 710. The second kappa shape index (κ2) is 9.11. The van der Waals surface area contributed by atoms with Crippen LogP contribution >= 0.6 is 0 Å². The average Bonchev–Trinajstić information content (AvgIpc) is 2.64. The smallest absolute Gasteiger partial charge is 0.251 e. The number of carbonyl (C=O) groups is 1. The summed E-state index contributed by atoms with van der Waals surface area (Å²) in [6, 6.07) is 13.4. The molecule has 2 aromatic carbocycles. The summed E-state index contributed by atoms with van der Waals surface area (Å²) < 4.78 is 11.4. The molecule has 4 heteroatoms. The van der Waals surface area contributed by atoms with Crippen molar-refractivity contribution >= 4 is 5.91 Å². The predicted molar refractivity (Wildman–Crippen MR) is 100 cm³/mol. The fourth-order valence-corrected chi connectivity index (χ4v) is 2.62. The minimum Gasteiger partial charge on any atom is -0.496 e. The van der Waals surface area contributed by atoms with E-state index in [1.54, 1.807) is 13.2 Å². The van der Waals surface area contributed by atoms with Crippen molar-refractivity contribution in [3.05, 3.63) is 59.2 Å². The first-order valence-electron chi connectivity index (χ1n) is 8.73. The van der Waals surface area contributed by atoms with E-state index >= 15 is 0 Å². The Morgan fingerprint density at radius 3 is 2.56 bits per heavy atom. The van der Waals surface area contributed by atoms with Crippen molar-refractivity contribution in [3.63, 3.8) is 0 Å². The van der Waals surface area contributed by atoms with Crippen LogP contribution < -0.4 is 14.8 Å². The normalized spacial score (nSPS) is 10.6. The summed E-state index contributed by atoms with van der Waals surface area (Å²) in [5.41, 5.74) is 2.63. The van der Waals surface area contributed by atoms with Gasteiger partial charge in [-0.1, -0.05) is 39.0 Å². The van der Waals surface area contributed by atoms with E-state index in [9.17, 15) is 4.79 Å². The van der Waals surface area contributed by atoms with E-state index in [0.717, 1.165) is 17.7 Å². The number of nitrogens with one attached hydrogen (secondary N) is 1. The molecule has 1 amide bonds. The van der Waals surface area contributed by atoms with Gasteiger partial charge in [0.25, 0.3) is 5.91 Å². The molecule has 0 spiro atoms. The van der Waals surface area contributed by atoms with Crippen molar-refractivity contribution in [3.8, 4) is 11.5 Å². The molecular weight excluding hydrogens is 314 g/mol. The van der Waals surface area contributed by atoms with Gasteiger partial charge in [0.15, 0.2) is 0 Å². The average molecular weight is 341 g/mol. The molecule has 0 atom stereocenters. The third-order valence-corrected chi connectivity index (χ3v) is 4.00. The van der Waals surface area contributed by atoms with Gasteiger partial charge in [-0.2, -0.15) is 0 Å². The summed E-state index contributed by atoms with van der Waals surface area (Å²) >= 11 is 0. The zero-order valence-corrected chi connectivity index (χ0v) is 15.5. The molecule has 0 saturated carbocycles. The highest BCUT2D eigenvalue weighted by Crippen LogP contribution is 2.28. The van der Waals surface area contributed by atoms with Crippen LogP contribution in [0.1, 0.15) is 54.6 Å². The summed E-state index contributed by atoms with van der Waals surface area (Å²) in [6.45, 7) is 7.32.